The van der Waals surface area contributed by atoms with Gasteiger partial charge in [-0.1, -0.05) is 48.5 Å². The standard InChI is InChI=1S/C19H16N4/c20-23-19(14-22-18-9-11-21-12-10-18)17-8-4-7-16(13-17)15-5-2-1-3-6-15/h1-14,20H,(H,21,22)/b19-14-,23-20?. The maximum absolute atomic E-state index is 7.44. The third kappa shape index (κ3) is 3.68. The summed E-state index contributed by atoms with van der Waals surface area (Å²) < 4.78 is 0. The van der Waals surface area contributed by atoms with Gasteiger partial charge >= 0.3 is 0 Å². The van der Waals surface area contributed by atoms with E-state index in [9.17, 15) is 0 Å². The predicted octanol–water partition coefficient (Wildman–Crippen LogP) is 5.19. The van der Waals surface area contributed by atoms with Gasteiger partial charge in [-0.15, -0.1) is 0 Å². The molecule has 0 amide bonds. The highest BCUT2D eigenvalue weighted by atomic mass is 15.0. The minimum Gasteiger partial charge on any atom is -0.360 e. The first-order chi connectivity index (χ1) is 11.4. The Kier molecular flexibility index (Phi) is 4.55. The van der Waals surface area contributed by atoms with Crippen molar-refractivity contribution in [2.45, 2.75) is 0 Å². The highest BCUT2D eigenvalue weighted by molar-refractivity contribution is 5.73. The fourth-order valence-electron chi connectivity index (χ4n) is 2.27. The summed E-state index contributed by atoms with van der Waals surface area (Å²) in [5.74, 6) is 0. The summed E-state index contributed by atoms with van der Waals surface area (Å²) in [5, 5.41) is 6.78. The van der Waals surface area contributed by atoms with E-state index >= 15 is 0 Å². The number of anilines is 1. The third-order valence-corrected chi connectivity index (χ3v) is 3.44. The Morgan fingerprint density at radius 1 is 0.913 bits per heavy atom. The maximum Gasteiger partial charge on any atom is 0.108 e. The zero-order valence-corrected chi connectivity index (χ0v) is 12.5. The van der Waals surface area contributed by atoms with E-state index in [0.717, 1.165) is 22.4 Å². The average Bonchev–Trinajstić information content (AvgIpc) is 2.64. The van der Waals surface area contributed by atoms with Gasteiger partial charge in [0.25, 0.3) is 0 Å². The van der Waals surface area contributed by atoms with E-state index in [0.29, 0.717) is 5.70 Å². The number of nitrogens with one attached hydrogen (secondary N) is 2. The molecule has 2 aromatic carbocycles. The molecule has 0 spiro atoms. The van der Waals surface area contributed by atoms with Crippen LogP contribution in [-0.4, -0.2) is 4.98 Å². The summed E-state index contributed by atoms with van der Waals surface area (Å²) in [5.41, 5.74) is 12.0. The minimum atomic E-state index is 0.569. The summed E-state index contributed by atoms with van der Waals surface area (Å²) in [6, 6.07) is 21.9. The lowest BCUT2D eigenvalue weighted by molar-refractivity contribution is 1.15. The van der Waals surface area contributed by atoms with E-state index in [1.807, 2.05) is 48.5 Å². The monoisotopic (exact) mass is 300 g/mol. The summed E-state index contributed by atoms with van der Waals surface area (Å²) >= 11 is 0. The molecule has 3 rings (SSSR count). The highest BCUT2D eigenvalue weighted by Gasteiger charge is 2.03. The van der Waals surface area contributed by atoms with Crippen LogP contribution in [0.5, 0.6) is 0 Å². The van der Waals surface area contributed by atoms with E-state index in [-0.39, 0.29) is 0 Å². The predicted molar refractivity (Wildman–Crippen MR) is 92.9 cm³/mol. The van der Waals surface area contributed by atoms with Crippen LogP contribution in [0.25, 0.3) is 16.8 Å². The molecule has 112 valence electrons. The number of nitrogens with zero attached hydrogens (tertiary/aromatic N) is 2. The number of aromatic nitrogens is 1. The molecule has 0 aliphatic rings. The molecule has 23 heavy (non-hydrogen) atoms. The number of rotatable bonds is 5. The second-order valence-electron chi connectivity index (χ2n) is 4.97. The lowest BCUT2D eigenvalue weighted by Crippen LogP contribution is -1.91. The maximum atomic E-state index is 7.44. The van der Waals surface area contributed by atoms with Crippen LogP contribution in [-0.2, 0) is 0 Å². The molecule has 3 aromatic rings. The van der Waals surface area contributed by atoms with Crippen molar-refractivity contribution in [3.63, 3.8) is 0 Å². The second kappa shape index (κ2) is 7.13. The van der Waals surface area contributed by atoms with Gasteiger partial charge in [0.15, 0.2) is 0 Å². The Morgan fingerprint density at radius 2 is 1.65 bits per heavy atom. The molecule has 0 unspecified atom stereocenters. The van der Waals surface area contributed by atoms with E-state index < -0.39 is 0 Å². The Labute approximate surface area is 135 Å². The molecule has 0 atom stereocenters. The largest absolute Gasteiger partial charge is 0.360 e. The first-order valence-corrected chi connectivity index (χ1v) is 7.27. The van der Waals surface area contributed by atoms with Crippen LogP contribution < -0.4 is 5.32 Å². The molecule has 0 aliphatic heterocycles. The van der Waals surface area contributed by atoms with Gasteiger partial charge < -0.3 is 5.32 Å². The van der Waals surface area contributed by atoms with Gasteiger partial charge in [-0.25, -0.2) is 5.53 Å². The zero-order chi connectivity index (χ0) is 15.9. The van der Waals surface area contributed by atoms with Crippen LogP contribution in [0.2, 0.25) is 0 Å². The van der Waals surface area contributed by atoms with Crippen molar-refractivity contribution in [2.75, 3.05) is 5.32 Å². The Balaban J connectivity index is 1.88. The Morgan fingerprint density at radius 3 is 2.39 bits per heavy atom. The van der Waals surface area contributed by atoms with E-state index in [2.05, 4.69) is 33.6 Å². The SMILES string of the molecule is N=N/C(=C\Nc1ccncc1)c1cccc(-c2ccccc2)c1. The summed E-state index contributed by atoms with van der Waals surface area (Å²) in [4.78, 5) is 3.97. The third-order valence-electron chi connectivity index (χ3n) is 3.44. The Bertz CT molecular complexity index is 811. The smallest absolute Gasteiger partial charge is 0.108 e. The molecule has 1 heterocycles. The molecule has 1 aromatic heterocycles. The number of hydrogen-bond acceptors (Lipinski definition) is 4. The van der Waals surface area contributed by atoms with E-state index in [4.69, 9.17) is 5.53 Å². The van der Waals surface area contributed by atoms with Crippen molar-refractivity contribution in [1.82, 2.24) is 4.98 Å². The molecule has 4 nitrogen and oxygen atoms in total. The van der Waals surface area contributed by atoms with Gasteiger partial charge in [-0.2, -0.15) is 5.11 Å². The van der Waals surface area contributed by atoms with Crippen LogP contribution in [0, 0.1) is 5.53 Å². The summed E-state index contributed by atoms with van der Waals surface area (Å²) in [7, 11) is 0. The second-order valence-corrected chi connectivity index (χ2v) is 4.97. The van der Waals surface area contributed by atoms with Crippen LogP contribution in [0.4, 0.5) is 5.69 Å². The fourth-order valence-corrected chi connectivity index (χ4v) is 2.27. The first-order valence-electron chi connectivity index (χ1n) is 7.27. The minimum absolute atomic E-state index is 0.569. The Hall–Kier alpha value is -3.27. The van der Waals surface area contributed by atoms with Gasteiger partial charge in [-0.3, -0.25) is 4.98 Å². The van der Waals surface area contributed by atoms with Gasteiger partial charge in [-0.05, 0) is 29.3 Å². The fraction of sp³-hybridized carbons (Fsp3) is 0. The van der Waals surface area contributed by atoms with E-state index in [1.54, 1.807) is 18.6 Å². The molecular formula is C19H16N4. The lowest BCUT2D eigenvalue weighted by atomic mass is 10.0. The van der Waals surface area contributed by atoms with Crippen molar-refractivity contribution < 1.29 is 0 Å². The van der Waals surface area contributed by atoms with Crippen LogP contribution in [0.1, 0.15) is 5.56 Å². The van der Waals surface area contributed by atoms with Gasteiger partial charge in [0, 0.05) is 29.8 Å². The van der Waals surface area contributed by atoms with Crippen molar-refractivity contribution in [3.8, 4) is 11.1 Å². The highest BCUT2D eigenvalue weighted by Crippen LogP contribution is 2.24. The van der Waals surface area contributed by atoms with Crippen molar-refractivity contribution in [3.05, 3.63) is 90.9 Å². The van der Waals surface area contributed by atoms with Crippen molar-refractivity contribution >= 4 is 11.4 Å². The first kappa shape index (κ1) is 14.7. The normalized spacial score (nSPS) is 11.0. The lowest BCUT2D eigenvalue weighted by Gasteiger charge is -2.06. The topological polar surface area (TPSA) is 61.1 Å². The molecule has 0 radical (unpaired) electrons. The van der Waals surface area contributed by atoms with Gasteiger partial charge in [0.1, 0.15) is 5.70 Å². The molecule has 0 saturated carbocycles. The quantitative estimate of drug-likeness (QED) is 0.637. The van der Waals surface area contributed by atoms with Crippen molar-refractivity contribution in [2.24, 2.45) is 5.11 Å². The van der Waals surface area contributed by atoms with Crippen LogP contribution in [0.15, 0.2) is 90.4 Å². The number of pyridine rings is 1. The molecule has 0 fully saturated rings. The average molecular weight is 300 g/mol. The van der Waals surface area contributed by atoms with Gasteiger partial charge in [0.2, 0.25) is 0 Å². The zero-order valence-electron chi connectivity index (χ0n) is 12.5. The number of hydrogen-bond donors (Lipinski definition) is 2. The van der Waals surface area contributed by atoms with Crippen molar-refractivity contribution in [1.29, 1.82) is 5.53 Å². The van der Waals surface area contributed by atoms with Crippen LogP contribution >= 0.6 is 0 Å². The van der Waals surface area contributed by atoms with Crippen LogP contribution in [0.3, 0.4) is 0 Å². The van der Waals surface area contributed by atoms with E-state index in [1.165, 1.54) is 0 Å². The number of benzene rings is 2. The molecular weight excluding hydrogens is 284 g/mol. The molecule has 4 heteroatoms. The summed E-state index contributed by atoms with van der Waals surface area (Å²) in [6.45, 7) is 0. The molecule has 0 saturated heterocycles. The molecule has 2 N–H and O–H groups in total. The van der Waals surface area contributed by atoms with Gasteiger partial charge in [0.05, 0.1) is 0 Å². The molecule has 0 aliphatic carbocycles. The molecule has 0 bridgehead atoms. The summed E-state index contributed by atoms with van der Waals surface area (Å²) in [6.07, 6.45) is 5.15.